The smallest absolute Gasteiger partial charge is 0.331 e. The summed E-state index contributed by atoms with van der Waals surface area (Å²) in [4.78, 5) is 36.7. The molecule has 0 amide bonds. The number of fused-ring (bicyclic) bond motifs is 3. The zero-order valence-corrected chi connectivity index (χ0v) is 17.5. The number of aryl methyl sites for hydroxylation is 1. The van der Waals surface area contributed by atoms with Gasteiger partial charge in [-0.25, -0.2) is 4.79 Å². The normalized spacial score (nSPS) is 15.6. The summed E-state index contributed by atoms with van der Waals surface area (Å²) in [7, 11) is 3.11. The van der Waals surface area contributed by atoms with Crippen LogP contribution in [0.25, 0.3) is 22.2 Å². The van der Waals surface area contributed by atoms with Crippen molar-refractivity contribution in [3.05, 3.63) is 96.8 Å². The third-order valence-electron chi connectivity index (χ3n) is 6.01. The van der Waals surface area contributed by atoms with E-state index in [1.165, 1.54) is 23.7 Å². The summed E-state index contributed by atoms with van der Waals surface area (Å²) in [5.74, 6) is 0. The zero-order chi connectivity index (χ0) is 22.6. The molecule has 9 heteroatoms. The number of hydrogen-bond acceptors (Lipinski definition) is 5. The van der Waals surface area contributed by atoms with E-state index in [0.717, 1.165) is 15.8 Å². The Balaban J connectivity index is 1.88. The largest absolute Gasteiger partial charge is 0.365 e. The lowest BCUT2D eigenvalue weighted by Crippen LogP contribution is -2.37. The van der Waals surface area contributed by atoms with Gasteiger partial charge in [0.2, 0.25) is 0 Å². The van der Waals surface area contributed by atoms with Crippen molar-refractivity contribution in [3.8, 4) is 11.3 Å². The van der Waals surface area contributed by atoms with E-state index in [0.29, 0.717) is 35.3 Å². The summed E-state index contributed by atoms with van der Waals surface area (Å²) in [5.41, 5.74) is 2.71. The maximum Gasteiger partial charge on any atom is 0.331 e. The standard InChI is InChI=1S/C23H20N4O5/c1-24-19-17(22(28)25(2)23(24)29)18(14-6-4-3-5-7-14)26-12-13-32-21(20(19)26)15-8-10-16(11-9-15)27(30)31/h3-11,21H,12-13H2,1-2H3. The number of aromatic nitrogens is 3. The van der Waals surface area contributed by atoms with Crippen LogP contribution < -0.4 is 11.2 Å². The Morgan fingerprint density at radius 2 is 1.69 bits per heavy atom. The second kappa shape index (κ2) is 7.31. The van der Waals surface area contributed by atoms with Crippen molar-refractivity contribution in [1.29, 1.82) is 0 Å². The van der Waals surface area contributed by atoms with E-state index < -0.39 is 16.7 Å². The molecule has 9 nitrogen and oxygen atoms in total. The lowest BCUT2D eigenvalue weighted by Gasteiger charge is -2.27. The van der Waals surface area contributed by atoms with Gasteiger partial charge in [-0.15, -0.1) is 0 Å². The van der Waals surface area contributed by atoms with Gasteiger partial charge in [-0.1, -0.05) is 30.3 Å². The monoisotopic (exact) mass is 432 g/mol. The molecule has 0 saturated heterocycles. The molecular formula is C23H20N4O5. The second-order valence-electron chi connectivity index (χ2n) is 7.78. The lowest BCUT2D eigenvalue weighted by molar-refractivity contribution is -0.384. The van der Waals surface area contributed by atoms with Crippen LogP contribution in [0, 0.1) is 10.1 Å². The molecule has 0 aliphatic carbocycles. The summed E-state index contributed by atoms with van der Waals surface area (Å²) in [6.07, 6.45) is -0.581. The number of nitro benzene ring substituents is 1. The van der Waals surface area contributed by atoms with Crippen molar-refractivity contribution >= 4 is 16.6 Å². The number of nitrogens with zero attached hydrogens (tertiary/aromatic N) is 4. The molecule has 4 aromatic rings. The highest BCUT2D eigenvalue weighted by Crippen LogP contribution is 2.40. The van der Waals surface area contributed by atoms with Crippen molar-refractivity contribution in [2.75, 3.05) is 6.61 Å². The highest BCUT2D eigenvalue weighted by atomic mass is 16.6. The minimum atomic E-state index is -0.581. The molecule has 0 saturated carbocycles. The minimum Gasteiger partial charge on any atom is -0.365 e. The minimum absolute atomic E-state index is 0.0176. The number of ether oxygens (including phenoxy) is 1. The van der Waals surface area contributed by atoms with Gasteiger partial charge < -0.3 is 9.30 Å². The number of hydrogen-bond donors (Lipinski definition) is 0. The third kappa shape index (κ3) is 2.82. The van der Waals surface area contributed by atoms with Crippen LogP contribution in [0.4, 0.5) is 5.69 Å². The molecule has 5 rings (SSSR count). The van der Waals surface area contributed by atoms with E-state index >= 15 is 0 Å². The van der Waals surface area contributed by atoms with Crippen molar-refractivity contribution in [2.24, 2.45) is 14.1 Å². The van der Waals surface area contributed by atoms with Gasteiger partial charge in [0.25, 0.3) is 11.2 Å². The molecule has 0 spiro atoms. The molecule has 1 aliphatic rings. The fraction of sp³-hybridized carbons (Fsp3) is 0.217. The first-order chi connectivity index (χ1) is 15.4. The van der Waals surface area contributed by atoms with Gasteiger partial charge in [0.15, 0.2) is 0 Å². The molecule has 2 aromatic heterocycles. The predicted molar refractivity (Wildman–Crippen MR) is 119 cm³/mol. The molecule has 3 heterocycles. The van der Waals surface area contributed by atoms with Crippen LogP contribution in [0.5, 0.6) is 0 Å². The van der Waals surface area contributed by atoms with Crippen LogP contribution >= 0.6 is 0 Å². The summed E-state index contributed by atoms with van der Waals surface area (Å²) in [5, 5.41) is 11.5. The van der Waals surface area contributed by atoms with Gasteiger partial charge in [0, 0.05) is 32.8 Å². The van der Waals surface area contributed by atoms with Crippen LogP contribution in [0.1, 0.15) is 17.4 Å². The van der Waals surface area contributed by atoms with E-state index in [1.807, 2.05) is 34.9 Å². The number of rotatable bonds is 3. The van der Waals surface area contributed by atoms with E-state index in [-0.39, 0.29) is 11.2 Å². The van der Waals surface area contributed by atoms with Gasteiger partial charge in [-0.05, 0) is 23.3 Å². The molecule has 1 unspecified atom stereocenters. The topological polar surface area (TPSA) is 101 Å². The van der Waals surface area contributed by atoms with Crippen LogP contribution in [0.3, 0.4) is 0 Å². The first-order valence-electron chi connectivity index (χ1n) is 10.1. The van der Waals surface area contributed by atoms with Crippen LogP contribution in [0.15, 0.2) is 64.2 Å². The summed E-state index contributed by atoms with van der Waals surface area (Å²) in [6, 6.07) is 15.7. The Morgan fingerprint density at radius 1 is 1.00 bits per heavy atom. The first kappa shape index (κ1) is 20.0. The maximum atomic E-state index is 13.3. The molecule has 0 fully saturated rings. The highest BCUT2D eigenvalue weighted by Gasteiger charge is 2.33. The fourth-order valence-corrected chi connectivity index (χ4v) is 4.50. The summed E-state index contributed by atoms with van der Waals surface area (Å²) < 4.78 is 10.7. The Morgan fingerprint density at radius 3 is 2.34 bits per heavy atom. The molecule has 1 atom stereocenters. The molecule has 162 valence electrons. The Hall–Kier alpha value is -3.98. The molecular weight excluding hydrogens is 412 g/mol. The van der Waals surface area contributed by atoms with Gasteiger partial charge >= 0.3 is 5.69 Å². The van der Waals surface area contributed by atoms with Crippen molar-refractivity contribution in [1.82, 2.24) is 13.7 Å². The van der Waals surface area contributed by atoms with E-state index in [2.05, 4.69) is 0 Å². The SMILES string of the molecule is Cn1c(=O)c2c(-c3ccccc3)n3c(c2n(C)c1=O)C(c1ccc([N+](=O)[O-])cc1)OCC3. The van der Waals surface area contributed by atoms with E-state index in [1.54, 1.807) is 19.2 Å². The van der Waals surface area contributed by atoms with Crippen LogP contribution in [-0.2, 0) is 25.4 Å². The Bertz CT molecular complexity index is 1480. The second-order valence-corrected chi connectivity index (χ2v) is 7.78. The maximum absolute atomic E-state index is 13.3. The van der Waals surface area contributed by atoms with Gasteiger partial charge in [0.05, 0.1) is 33.8 Å². The average molecular weight is 432 g/mol. The Labute approximate surface area is 181 Å². The summed E-state index contributed by atoms with van der Waals surface area (Å²) >= 11 is 0. The molecule has 1 aliphatic heterocycles. The number of benzene rings is 2. The van der Waals surface area contributed by atoms with Crippen molar-refractivity contribution < 1.29 is 9.66 Å². The number of non-ortho nitro benzene ring substituents is 1. The quantitative estimate of drug-likeness (QED) is 0.366. The van der Waals surface area contributed by atoms with E-state index in [4.69, 9.17) is 4.74 Å². The first-order valence-corrected chi connectivity index (χ1v) is 10.1. The molecule has 0 N–H and O–H groups in total. The highest BCUT2D eigenvalue weighted by molar-refractivity contribution is 5.96. The molecule has 32 heavy (non-hydrogen) atoms. The zero-order valence-electron chi connectivity index (χ0n) is 17.5. The summed E-state index contributed by atoms with van der Waals surface area (Å²) in [6.45, 7) is 0.902. The van der Waals surface area contributed by atoms with Gasteiger partial charge in [-0.3, -0.25) is 24.0 Å². The van der Waals surface area contributed by atoms with Crippen molar-refractivity contribution in [2.45, 2.75) is 12.6 Å². The van der Waals surface area contributed by atoms with Gasteiger partial charge in [0.1, 0.15) is 6.10 Å². The predicted octanol–water partition coefficient (Wildman–Crippen LogP) is 2.73. The Kier molecular flexibility index (Phi) is 4.56. The fourth-order valence-electron chi connectivity index (χ4n) is 4.50. The van der Waals surface area contributed by atoms with E-state index in [9.17, 15) is 19.7 Å². The lowest BCUT2D eigenvalue weighted by atomic mass is 10.0. The molecule has 0 bridgehead atoms. The molecule has 0 radical (unpaired) electrons. The average Bonchev–Trinajstić information content (AvgIpc) is 3.17. The third-order valence-corrected chi connectivity index (χ3v) is 6.01. The van der Waals surface area contributed by atoms with Crippen LogP contribution in [-0.4, -0.2) is 25.2 Å². The van der Waals surface area contributed by atoms with Gasteiger partial charge in [-0.2, -0.15) is 0 Å². The number of nitro groups is 1. The molecule has 2 aromatic carbocycles. The van der Waals surface area contributed by atoms with Crippen molar-refractivity contribution in [3.63, 3.8) is 0 Å². The van der Waals surface area contributed by atoms with Crippen LogP contribution in [0.2, 0.25) is 0 Å².